The molecule has 0 aliphatic carbocycles. The number of rotatable bonds is 95. The fraction of sp³-hybridized carbons (Fsp3) is 0.904. The van der Waals surface area contributed by atoms with Crippen molar-refractivity contribution in [1.82, 2.24) is 15.1 Å². The zero-order chi connectivity index (χ0) is 89.5. The van der Waals surface area contributed by atoms with Gasteiger partial charge < -0.3 is 39.0 Å². The zero-order valence-electron chi connectivity index (χ0n) is 86.9. The molecule has 1 amide bonds. The normalized spacial score (nSPS) is 11.8. The molecule has 732 valence electrons. The van der Waals surface area contributed by atoms with E-state index in [1.807, 2.05) is 18.9 Å². The molecular weight excluding hydrogens is 1590 g/mol. The van der Waals surface area contributed by atoms with Crippen molar-refractivity contribution in [2.24, 2.45) is 0 Å². The van der Waals surface area contributed by atoms with Crippen LogP contribution >= 0.6 is 12.6 Å². The number of thiol groups is 1. The van der Waals surface area contributed by atoms with Crippen LogP contribution in [-0.4, -0.2) is 96.6 Å². The van der Waals surface area contributed by atoms with Crippen molar-refractivity contribution in [2.45, 2.75) is 633 Å². The summed E-state index contributed by atoms with van der Waals surface area (Å²) in [6.45, 7) is 26.0. The second kappa shape index (κ2) is 130. The second-order valence-electron chi connectivity index (χ2n) is 37.5. The number of hydrogen-bond donors (Lipinski definition) is 2. The maximum absolute atomic E-state index is 11.9. The van der Waals surface area contributed by atoms with Crippen molar-refractivity contribution in [3.63, 3.8) is 0 Å². The standard InChI is InChI=1S/C30H61NS.C28H57N.C27H52O.C21H41NO.C9H19.BrH.Mg/c1-4-6-8-10-12-13-14-15-16-17-18-19-21-23-25-27-30(31(3)28-29-32)26-24-22-20-11-9-7-5-2;1-4-6-8-10-12-13-14-15-16-17-18-19-21-23-25-27-28(29-3)26-24-22-20-11-9-7-5-2;1-3-5-7-9-11-12-13-14-15-16-17-18-20-22-24-26-27(28)25-23-21-19-10-8-6-4-2;1-4-6-7-8-9-10-11-12-13-14-15-16-17-18-19-20-21(23)22(3)5-2;1-3-5-7-9-8-6-4-2;;/h15-16,30,32H,4-14,17-29H2,1-3H3;15-16,28-29H,4-14,17-27H2,1-3H3;14-15H,3-13,16-26H2,1-2H3;12-13H,4-11,14-20H2,1-3H3;1,3-9H2,2H3;1H;/q;;;;-1;;+2/p-1/b2*16-15-;15-14-;13-12-;;;. The van der Waals surface area contributed by atoms with Crippen molar-refractivity contribution in [2.75, 3.05) is 40.0 Å². The van der Waals surface area contributed by atoms with E-state index in [9.17, 15) is 9.59 Å². The number of allylic oxidation sites excluding steroid dienone is 8. The number of amides is 1. The Morgan fingerprint density at radius 3 is 0.691 bits per heavy atom. The van der Waals surface area contributed by atoms with Gasteiger partial charge in [0.25, 0.3) is 0 Å². The first-order chi connectivity index (χ1) is 59.5. The van der Waals surface area contributed by atoms with Crippen LogP contribution in [0, 0.1) is 6.92 Å². The first-order valence-corrected chi connectivity index (χ1v) is 56.3. The molecule has 0 saturated carbocycles. The minimum Gasteiger partial charge on any atom is -1.00 e. The third-order valence-electron chi connectivity index (χ3n) is 25.3. The summed E-state index contributed by atoms with van der Waals surface area (Å²) in [5, 5.41) is 3.55. The minimum atomic E-state index is 0. The summed E-state index contributed by atoms with van der Waals surface area (Å²) in [7, 11) is 6.36. The number of halogens is 1. The predicted octanol–water partition coefficient (Wildman–Crippen LogP) is 36.6. The van der Waals surface area contributed by atoms with Crippen LogP contribution in [0.4, 0.5) is 0 Å². The number of ketones is 1. The quantitative estimate of drug-likeness (QED) is 0.0210. The molecular formula is C115H230BrMgN3O2S. The molecule has 0 spiro atoms. The number of carbonyl (C=O) groups is 2. The Morgan fingerprint density at radius 2 is 0.480 bits per heavy atom. The number of Topliss-reactive ketones (excluding diaryl/α,β-unsaturated/α-hetero) is 1. The summed E-state index contributed by atoms with van der Waals surface area (Å²) in [5.74, 6) is 1.78. The van der Waals surface area contributed by atoms with Crippen LogP contribution in [0.25, 0.3) is 0 Å². The van der Waals surface area contributed by atoms with Crippen LogP contribution in [0.1, 0.15) is 621 Å². The topological polar surface area (TPSA) is 52.7 Å². The first kappa shape index (κ1) is 136. The Morgan fingerprint density at radius 1 is 0.285 bits per heavy atom. The molecule has 0 aromatic rings. The fourth-order valence-electron chi connectivity index (χ4n) is 16.4. The molecule has 0 aliphatic rings. The maximum atomic E-state index is 11.9. The van der Waals surface area contributed by atoms with E-state index in [1.165, 1.54) is 514 Å². The minimum absolute atomic E-state index is 0. The van der Waals surface area contributed by atoms with Crippen molar-refractivity contribution in [3.05, 3.63) is 55.5 Å². The average Bonchev–Trinajstić information content (AvgIpc) is 0.940. The van der Waals surface area contributed by atoms with E-state index in [2.05, 4.69) is 148 Å². The Hall–Kier alpha value is -0.384. The largest absolute Gasteiger partial charge is 2.00 e. The smallest absolute Gasteiger partial charge is 1.00 e. The van der Waals surface area contributed by atoms with Crippen LogP contribution in [0.5, 0.6) is 0 Å². The molecule has 2 atom stereocenters. The molecule has 0 fully saturated rings. The molecule has 0 heterocycles. The third-order valence-corrected chi connectivity index (χ3v) is 25.5. The van der Waals surface area contributed by atoms with Gasteiger partial charge in [-0.1, -0.05) is 489 Å². The molecule has 0 radical (unpaired) electrons. The van der Waals surface area contributed by atoms with Gasteiger partial charge in [-0.3, -0.25) is 9.59 Å². The van der Waals surface area contributed by atoms with Crippen molar-refractivity contribution >= 4 is 47.4 Å². The van der Waals surface area contributed by atoms with Gasteiger partial charge >= 0.3 is 23.1 Å². The number of unbranched alkanes of at least 4 members (excludes halogenated alkanes) is 68. The number of hydrogen-bond acceptors (Lipinski definition) is 5. The van der Waals surface area contributed by atoms with E-state index in [0.717, 1.165) is 75.9 Å². The van der Waals surface area contributed by atoms with E-state index in [1.54, 1.807) is 0 Å². The Labute approximate surface area is 811 Å². The van der Waals surface area contributed by atoms with Gasteiger partial charge in [-0.25, -0.2) is 0 Å². The van der Waals surface area contributed by atoms with Gasteiger partial charge in [0, 0.05) is 57.2 Å². The number of nitrogens with zero attached hydrogens (tertiary/aromatic N) is 2. The molecule has 0 rings (SSSR count). The maximum Gasteiger partial charge on any atom is 2.00 e. The number of carbonyl (C=O) groups excluding carboxylic acids is 2. The van der Waals surface area contributed by atoms with E-state index in [4.69, 9.17) is 0 Å². The van der Waals surface area contributed by atoms with Crippen LogP contribution in [0.2, 0.25) is 0 Å². The fourth-order valence-corrected chi connectivity index (χ4v) is 16.7. The summed E-state index contributed by atoms with van der Waals surface area (Å²) in [6, 6.07) is 1.54. The van der Waals surface area contributed by atoms with E-state index in [0.29, 0.717) is 11.7 Å². The van der Waals surface area contributed by atoms with Gasteiger partial charge in [0.2, 0.25) is 5.91 Å². The first-order valence-electron chi connectivity index (χ1n) is 55.7. The summed E-state index contributed by atoms with van der Waals surface area (Å²) < 4.78 is 0. The van der Waals surface area contributed by atoms with Crippen molar-refractivity contribution in [1.29, 1.82) is 0 Å². The molecule has 123 heavy (non-hydrogen) atoms. The number of nitrogens with one attached hydrogen (secondary N) is 1. The van der Waals surface area contributed by atoms with Gasteiger partial charge in [0.05, 0.1) is 0 Å². The predicted molar refractivity (Wildman–Crippen MR) is 566 cm³/mol. The molecule has 1 N–H and O–H groups in total. The Balaban J connectivity index is -0.000000281. The summed E-state index contributed by atoms with van der Waals surface area (Å²) in [6.07, 6.45) is 136. The average molecular weight is 1820 g/mol. The van der Waals surface area contributed by atoms with Gasteiger partial charge in [-0.05, 0) is 169 Å². The van der Waals surface area contributed by atoms with Crippen molar-refractivity contribution < 1.29 is 26.6 Å². The Kier molecular flexibility index (Phi) is 144. The molecule has 5 nitrogen and oxygen atoms in total. The summed E-state index contributed by atoms with van der Waals surface area (Å²) >= 11 is 4.47. The van der Waals surface area contributed by atoms with Gasteiger partial charge in [-0.2, -0.15) is 19.0 Å². The van der Waals surface area contributed by atoms with Crippen LogP contribution < -0.4 is 22.3 Å². The molecule has 0 aromatic heterocycles. The van der Waals surface area contributed by atoms with Crippen LogP contribution in [-0.2, 0) is 9.59 Å². The van der Waals surface area contributed by atoms with E-state index < -0.39 is 0 Å². The third kappa shape index (κ3) is 130. The van der Waals surface area contributed by atoms with Gasteiger partial charge in [0.1, 0.15) is 5.78 Å². The van der Waals surface area contributed by atoms with Crippen LogP contribution in [0.3, 0.4) is 0 Å². The molecule has 0 saturated heterocycles. The zero-order valence-corrected chi connectivity index (χ0v) is 90.8. The second-order valence-corrected chi connectivity index (χ2v) is 38.0. The Bertz CT molecular complexity index is 1940. The van der Waals surface area contributed by atoms with Crippen molar-refractivity contribution in [3.8, 4) is 0 Å². The molecule has 0 aliphatic heterocycles. The summed E-state index contributed by atoms with van der Waals surface area (Å²) in [5.41, 5.74) is 0. The molecule has 2 unspecified atom stereocenters. The molecule has 0 aromatic carbocycles. The summed E-state index contributed by atoms with van der Waals surface area (Å²) in [4.78, 5) is 27.9. The monoisotopic (exact) mass is 1820 g/mol. The molecule has 0 bridgehead atoms. The molecule has 8 heteroatoms. The SMILES string of the molecule is CCCCCCCC/C=C\CCCCCCCC(=O)CCCCCCCCC.CCCCCCCC/C=C\CCCCCCCC(=O)N(C)CC.CCCCCCCC/C=C\CCCCCCCC(CCCCCCCCC)N(C)CCS.CCCCCCCC/C=C\CCCCCCCC(CCCCCCCCC)NC.[Br-].[CH2-]CCCCCCCC.[Mg+2]. The van der Waals surface area contributed by atoms with Gasteiger partial charge in [-0.15, -0.1) is 0 Å². The van der Waals surface area contributed by atoms with E-state index >= 15 is 0 Å². The van der Waals surface area contributed by atoms with E-state index in [-0.39, 0.29) is 40.0 Å². The van der Waals surface area contributed by atoms with Crippen LogP contribution in [0.15, 0.2) is 48.6 Å². The van der Waals surface area contributed by atoms with Gasteiger partial charge in [0.15, 0.2) is 0 Å².